The van der Waals surface area contributed by atoms with E-state index in [1.165, 1.54) is 0 Å². The summed E-state index contributed by atoms with van der Waals surface area (Å²) < 4.78 is 5.47. The van der Waals surface area contributed by atoms with E-state index in [9.17, 15) is 4.79 Å². The fraction of sp³-hybridized carbons (Fsp3) is 0.182. The largest absolute Gasteiger partial charge is 0.461 e. The van der Waals surface area contributed by atoms with Gasteiger partial charge in [-0.3, -0.25) is 4.79 Å². The lowest BCUT2D eigenvalue weighted by Gasteiger charge is -2.02. The monoisotopic (exact) mass is 189 g/mol. The van der Waals surface area contributed by atoms with Gasteiger partial charge in [0.1, 0.15) is 11.3 Å². The van der Waals surface area contributed by atoms with E-state index in [0.717, 1.165) is 0 Å². The van der Waals surface area contributed by atoms with E-state index in [-0.39, 0.29) is 5.43 Å². The first kappa shape index (κ1) is 8.81. The van der Waals surface area contributed by atoms with E-state index in [4.69, 9.17) is 10.2 Å². The summed E-state index contributed by atoms with van der Waals surface area (Å²) in [4.78, 5) is 11.8. The topological polar surface area (TPSA) is 56.2 Å². The standard InChI is InChI=1S/C11H11NO2/c1-6-7(2)14-10-5-8(12)3-4-9(10)11(6)13/h3-5H,12H2,1-2H3. The maximum absolute atomic E-state index is 11.8. The molecule has 3 heteroatoms. The number of anilines is 1. The van der Waals surface area contributed by atoms with Gasteiger partial charge in [0.25, 0.3) is 0 Å². The number of hydrogen-bond acceptors (Lipinski definition) is 3. The van der Waals surface area contributed by atoms with Crippen LogP contribution >= 0.6 is 0 Å². The van der Waals surface area contributed by atoms with Gasteiger partial charge in [-0.2, -0.15) is 0 Å². The maximum atomic E-state index is 11.8. The van der Waals surface area contributed by atoms with Crippen molar-refractivity contribution in [2.45, 2.75) is 13.8 Å². The first-order valence-corrected chi connectivity index (χ1v) is 4.39. The van der Waals surface area contributed by atoms with Crippen molar-refractivity contribution in [1.29, 1.82) is 0 Å². The van der Waals surface area contributed by atoms with Crippen LogP contribution in [-0.4, -0.2) is 0 Å². The molecule has 0 bridgehead atoms. The zero-order valence-electron chi connectivity index (χ0n) is 8.13. The van der Waals surface area contributed by atoms with Gasteiger partial charge in [-0.1, -0.05) is 0 Å². The number of hydrogen-bond donors (Lipinski definition) is 1. The van der Waals surface area contributed by atoms with Crippen molar-refractivity contribution in [2.75, 3.05) is 5.73 Å². The molecule has 0 atom stereocenters. The summed E-state index contributed by atoms with van der Waals surface area (Å²) in [6, 6.07) is 5.07. The molecule has 0 radical (unpaired) electrons. The number of rotatable bonds is 0. The molecule has 72 valence electrons. The second kappa shape index (κ2) is 2.87. The number of fused-ring (bicyclic) bond motifs is 1. The minimum atomic E-state index is 0.0174. The van der Waals surface area contributed by atoms with E-state index in [0.29, 0.717) is 28.0 Å². The van der Waals surface area contributed by atoms with Gasteiger partial charge in [-0.25, -0.2) is 0 Å². The van der Waals surface area contributed by atoms with Crippen LogP contribution in [0.25, 0.3) is 11.0 Å². The molecule has 0 unspecified atom stereocenters. The highest BCUT2D eigenvalue weighted by Gasteiger charge is 2.06. The molecule has 1 heterocycles. The third-order valence-electron chi connectivity index (χ3n) is 2.38. The molecule has 0 saturated heterocycles. The van der Waals surface area contributed by atoms with E-state index >= 15 is 0 Å². The SMILES string of the molecule is Cc1oc2cc(N)ccc2c(=O)c1C. The fourth-order valence-electron chi connectivity index (χ4n) is 1.41. The Kier molecular flexibility index (Phi) is 1.81. The molecule has 0 aliphatic rings. The summed E-state index contributed by atoms with van der Waals surface area (Å²) >= 11 is 0. The second-order valence-electron chi connectivity index (χ2n) is 3.37. The van der Waals surface area contributed by atoms with Crippen molar-refractivity contribution in [2.24, 2.45) is 0 Å². The zero-order valence-corrected chi connectivity index (χ0v) is 8.13. The molecule has 0 fully saturated rings. The summed E-state index contributed by atoms with van der Waals surface area (Å²) in [5.74, 6) is 0.646. The van der Waals surface area contributed by atoms with E-state index in [1.807, 2.05) is 0 Å². The van der Waals surface area contributed by atoms with Crippen molar-refractivity contribution >= 4 is 16.7 Å². The average molecular weight is 189 g/mol. The van der Waals surface area contributed by atoms with Crippen LogP contribution in [0.5, 0.6) is 0 Å². The molecule has 2 N–H and O–H groups in total. The first-order chi connectivity index (χ1) is 6.59. The van der Waals surface area contributed by atoms with Crippen LogP contribution in [0.1, 0.15) is 11.3 Å². The van der Waals surface area contributed by atoms with Gasteiger partial charge in [0.05, 0.1) is 5.39 Å². The van der Waals surface area contributed by atoms with Crippen molar-refractivity contribution < 1.29 is 4.42 Å². The molecular weight excluding hydrogens is 178 g/mol. The van der Waals surface area contributed by atoms with Gasteiger partial charge in [0, 0.05) is 17.3 Å². The molecule has 0 aliphatic carbocycles. The fourth-order valence-corrected chi connectivity index (χ4v) is 1.41. The van der Waals surface area contributed by atoms with Crippen LogP contribution in [0, 0.1) is 13.8 Å². The van der Waals surface area contributed by atoms with Gasteiger partial charge in [-0.15, -0.1) is 0 Å². The summed E-state index contributed by atoms with van der Waals surface area (Å²) in [6.07, 6.45) is 0. The maximum Gasteiger partial charge on any atom is 0.195 e. The molecule has 14 heavy (non-hydrogen) atoms. The Bertz CT molecular complexity index is 555. The molecule has 1 aromatic heterocycles. The summed E-state index contributed by atoms with van der Waals surface area (Å²) in [7, 11) is 0. The van der Waals surface area contributed by atoms with Crippen molar-refractivity contribution in [3.05, 3.63) is 39.7 Å². The van der Waals surface area contributed by atoms with E-state index in [2.05, 4.69) is 0 Å². The Morgan fingerprint density at radius 2 is 2.00 bits per heavy atom. The van der Waals surface area contributed by atoms with Crippen molar-refractivity contribution in [3.63, 3.8) is 0 Å². The van der Waals surface area contributed by atoms with Gasteiger partial charge in [0.2, 0.25) is 0 Å². The van der Waals surface area contributed by atoms with E-state index in [1.54, 1.807) is 32.0 Å². The first-order valence-electron chi connectivity index (χ1n) is 4.39. The lowest BCUT2D eigenvalue weighted by atomic mass is 10.1. The Labute approximate surface area is 81.1 Å². The van der Waals surface area contributed by atoms with Crippen molar-refractivity contribution in [1.82, 2.24) is 0 Å². The molecule has 3 nitrogen and oxygen atoms in total. The zero-order chi connectivity index (χ0) is 10.3. The molecule has 2 aromatic rings. The summed E-state index contributed by atoms with van der Waals surface area (Å²) in [5.41, 5.74) is 7.43. The molecule has 1 aromatic carbocycles. The normalized spacial score (nSPS) is 10.7. The van der Waals surface area contributed by atoms with Crippen LogP contribution in [-0.2, 0) is 0 Å². The van der Waals surface area contributed by atoms with E-state index < -0.39 is 0 Å². The summed E-state index contributed by atoms with van der Waals surface area (Å²) in [5, 5.41) is 0.585. The number of aryl methyl sites for hydroxylation is 1. The van der Waals surface area contributed by atoms with Gasteiger partial charge in [0.15, 0.2) is 5.43 Å². The molecule has 2 rings (SSSR count). The lowest BCUT2D eigenvalue weighted by molar-refractivity contribution is 0.559. The minimum Gasteiger partial charge on any atom is -0.461 e. The number of nitrogens with two attached hydrogens (primary N) is 1. The lowest BCUT2D eigenvalue weighted by Crippen LogP contribution is -2.07. The predicted molar refractivity (Wildman–Crippen MR) is 56.4 cm³/mol. The molecule has 0 aliphatic heterocycles. The highest BCUT2D eigenvalue weighted by Crippen LogP contribution is 2.17. The third-order valence-corrected chi connectivity index (χ3v) is 2.38. The van der Waals surface area contributed by atoms with Gasteiger partial charge in [-0.05, 0) is 26.0 Å². The van der Waals surface area contributed by atoms with Gasteiger partial charge < -0.3 is 10.2 Å². The van der Waals surface area contributed by atoms with Crippen LogP contribution in [0.15, 0.2) is 27.4 Å². The molecule has 0 amide bonds. The van der Waals surface area contributed by atoms with Crippen LogP contribution in [0.4, 0.5) is 5.69 Å². The van der Waals surface area contributed by atoms with Crippen LogP contribution in [0.2, 0.25) is 0 Å². The van der Waals surface area contributed by atoms with Crippen LogP contribution < -0.4 is 11.2 Å². The minimum absolute atomic E-state index is 0.0174. The Morgan fingerprint density at radius 1 is 1.29 bits per heavy atom. The molecular formula is C11H11NO2. The Balaban J connectivity index is 2.98. The second-order valence-corrected chi connectivity index (χ2v) is 3.37. The predicted octanol–water partition coefficient (Wildman–Crippen LogP) is 1.99. The van der Waals surface area contributed by atoms with Crippen LogP contribution in [0.3, 0.4) is 0 Å². The highest BCUT2D eigenvalue weighted by atomic mass is 16.3. The molecule has 0 spiro atoms. The highest BCUT2D eigenvalue weighted by molar-refractivity contribution is 5.80. The average Bonchev–Trinajstić information content (AvgIpc) is 2.14. The Morgan fingerprint density at radius 3 is 2.71 bits per heavy atom. The third kappa shape index (κ3) is 1.18. The van der Waals surface area contributed by atoms with Crippen molar-refractivity contribution in [3.8, 4) is 0 Å². The molecule has 0 saturated carbocycles. The summed E-state index contributed by atoms with van der Waals surface area (Å²) in [6.45, 7) is 3.54. The quantitative estimate of drug-likeness (QED) is 0.645. The van der Waals surface area contributed by atoms with Gasteiger partial charge >= 0.3 is 0 Å². The Hall–Kier alpha value is -1.77. The smallest absolute Gasteiger partial charge is 0.195 e. The number of benzene rings is 1. The number of nitrogen functional groups attached to an aromatic ring is 1.